The molecule has 2 aromatic rings. The number of aromatic amines is 2. The van der Waals surface area contributed by atoms with Gasteiger partial charge in [0.1, 0.15) is 0 Å². The van der Waals surface area contributed by atoms with E-state index in [1.165, 1.54) is 12.8 Å². The Balaban J connectivity index is 1.60. The van der Waals surface area contributed by atoms with Crippen molar-refractivity contribution in [2.24, 2.45) is 0 Å². The van der Waals surface area contributed by atoms with Gasteiger partial charge in [-0.3, -0.25) is 9.89 Å². The van der Waals surface area contributed by atoms with Gasteiger partial charge < -0.3 is 10.3 Å². The van der Waals surface area contributed by atoms with Crippen LogP contribution >= 0.6 is 0 Å². The van der Waals surface area contributed by atoms with E-state index in [1.54, 1.807) is 12.3 Å². The maximum atomic E-state index is 11.9. The molecule has 1 fully saturated rings. The Bertz CT molecular complexity index is 565. The van der Waals surface area contributed by atoms with Gasteiger partial charge in [0.15, 0.2) is 0 Å². The lowest BCUT2D eigenvalue weighted by atomic mass is 10.2. The third-order valence-corrected chi connectivity index (χ3v) is 3.28. The Labute approximate surface area is 105 Å². The lowest BCUT2D eigenvalue weighted by Gasteiger charge is -2.02. The first-order valence-corrected chi connectivity index (χ1v) is 6.20. The number of nitrogens with zero attached hydrogens (tertiary/aromatic N) is 1. The lowest BCUT2D eigenvalue weighted by molar-refractivity contribution is 0.0950. The van der Waals surface area contributed by atoms with Crippen LogP contribution in [0, 0.1) is 6.92 Å². The Morgan fingerprint density at radius 1 is 1.56 bits per heavy atom. The molecule has 0 saturated heterocycles. The normalized spacial score (nSPS) is 14.7. The van der Waals surface area contributed by atoms with Gasteiger partial charge in [-0.2, -0.15) is 5.10 Å². The first kappa shape index (κ1) is 11.1. The maximum Gasteiger partial charge on any atom is 0.253 e. The van der Waals surface area contributed by atoms with E-state index < -0.39 is 0 Å². The van der Waals surface area contributed by atoms with E-state index in [9.17, 15) is 4.79 Å². The van der Waals surface area contributed by atoms with Gasteiger partial charge in [-0.1, -0.05) is 0 Å². The number of hydrogen-bond donors (Lipinski definition) is 3. The number of aromatic nitrogens is 3. The van der Waals surface area contributed by atoms with Crippen molar-refractivity contribution in [1.82, 2.24) is 20.5 Å². The highest BCUT2D eigenvalue weighted by molar-refractivity contribution is 5.95. The summed E-state index contributed by atoms with van der Waals surface area (Å²) < 4.78 is 0. The van der Waals surface area contributed by atoms with Crippen LogP contribution in [0.15, 0.2) is 18.3 Å². The summed E-state index contributed by atoms with van der Waals surface area (Å²) in [5.41, 5.74) is 3.66. The van der Waals surface area contributed by atoms with Crippen molar-refractivity contribution in [3.63, 3.8) is 0 Å². The summed E-state index contributed by atoms with van der Waals surface area (Å²) in [7, 11) is 0. The zero-order valence-electron chi connectivity index (χ0n) is 10.3. The smallest absolute Gasteiger partial charge is 0.253 e. The second-order valence-electron chi connectivity index (χ2n) is 4.79. The molecule has 5 heteroatoms. The van der Waals surface area contributed by atoms with E-state index in [1.807, 2.05) is 13.0 Å². The summed E-state index contributed by atoms with van der Waals surface area (Å²) in [6.45, 7) is 2.37. The van der Waals surface area contributed by atoms with Crippen LogP contribution in [-0.4, -0.2) is 21.1 Å². The number of nitrogens with one attached hydrogen (secondary N) is 3. The number of amides is 1. The zero-order chi connectivity index (χ0) is 12.5. The highest BCUT2D eigenvalue weighted by Crippen LogP contribution is 2.38. The second-order valence-corrected chi connectivity index (χ2v) is 4.79. The Hall–Kier alpha value is -2.04. The van der Waals surface area contributed by atoms with Gasteiger partial charge in [0.25, 0.3) is 5.91 Å². The molecule has 2 heterocycles. The fourth-order valence-electron chi connectivity index (χ4n) is 2.03. The summed E-state index contributed by atoms with van der Waals surface area (Å²) in [6.07, 6.45) is 4.24. The average molecular weight is 244 g/mol. The van der Waals surface area contributed by atoms with E-state index in [0.717, 1.165) is 17.1 Å². The fraction of sp³-hybridized carbons (Fsp3) is 0.385. The van der Waals surface area contributed by atoms with Crippen LogP contribution in [0.1, 0.15) is 46.2 Å². The van der Waals surface area contributed by atoms with E-state index in [0.29, 0.717) is 18.0 Å². The van der Waals surface area contributed by atoms with Crippen molar-refractivity contribution in [1.29, 1.82) is 0 Å². The van der Waals surface area contributed by atoms with Crippen LogP contribution in [0.3, 0.4) is 0 Å². The van der Waals surface area contributed by atoms with Crippen molar-refractivity contribution in [2.75, 3.05) is 0 Å². The van der Waals surface area contributed by atoms with E-state index in [2.05, 4.69) is 20.5 Å². The number of aryl methyl sites for hydroxylation is 1. The zero-order valence-corrected chi connectivity index (χ0v) is 10.3. The minimum Gasteiger partial charge on any atom is -0.365 e. The molecule has 0 unspecified atom stereocenters. The molecule has 3 N–H and O–H groups in total. The molecule has 2 aromatic heterocycles. The largest absolute Gasteiger partial charge is 0.365 e. The standard InChI is InChI=1S/C13H16N4O/c1-8-11(4-5-14-8)13(18)15-7-10-6-12(17-16-10)9-2-3-9/h4-6,9,14H,2-3,7H2,1H3,(H,15,18)(H,16,17). The molecule has 1 saturated carbocycles. The van der Waals surface area contributed by atoms with Crippen LogP contribution in [0.5, 0.6) is 0 Å². The molecule has 0 spiro atoms. The minimum atomic E-state index is -0.0590. The molecule has 5 nitrogen and oxygen atoms in total. The predicted octanol–water partition coefficient (Wildman–Crippen LogP) is 1.85. The van der Waals surface area contributed by atoms with Crippen LogP contribution in [-0.2, 0) is 6.54 Å². The monoisotopic (exact) mass is 244 g/mol. The molecule has 94 valence electrons. The lowest BCUT2D eigenvalue weighted by Crippen LogP contribution is -2.23. The van der Waals surface area contributed by atoms with E-state index >= 15 is 0 Å². The third kappa shape index (κ3) is 2.16. The molecule has 1 amide bonds. The van der Waals surface area contributed by atoms with Gasteiger partial charge in [-0.15, -0.1) is 0 Å². The Morgan fingerprint density at radius 2 is 2.39 bits per heavy atom. The van der Waals surface area contributed by atoms with Crippen LogP contribution in [0.4, 0.5) is 0 Å². The molecular weight excluding hydrogens is 228 g/mol. The van der Waals surface area contributed by atoms with Gasteiger partial charge >= 0.3 is 0 Å². The highest BCUT2D eigenvalue weighted by atomic mass is 16.1. The number of hydrogen-bond acceptors (Lipinski definition) is 2. The highest BCUT2D eigenvalue weighted by Gasteiger charge is 2.26. The summed E-state index contributed by atoms with van der Waals surface area (Å²) >= 11 is 0. The molecular formula is C13H16N4O. The predicted molar refractivity (Wildman–Crippen MR) is 67.3 cm³/mol. The molecule has 0 aliphatic heterocycles. The number of rotatable bonds is 4. The fourth-order valence-corrected chi connectivity index (χ4v) is 2.03. The van der Waals surface area contributed by atoms with E-state index in [-0.39, 0.29) is 5.91 Å². The summed E-state index contributed by atoms with van der Waals surface area (Å²) in [6, 6.07) is 3.83. The van der Waals surface area contributed by atoms with E-state index in [4.69, 9.17) is 0 Å². The van der Waals surface area contributed by atoms with Crippen molar-refractivity contribution in [3.05, 3.63) is 41.0 Å². The number of carbonyl (C=O) groups excluding carboxylic acids is 1. The van der Waals surface area contributed by atoms with Gasteiger partial charge in [0.05, 0.1) is 23.5 Å². The molecule has 1 aliphatic rings. The second kappa shape index (κ2) is 4.33. The molecule has 0 aromatic carbocycles. The minimum absolute atomic E-state index is 0.0590. The molecule has 18 heavy (non-hydrogen) atoms. The van der Waals surface area contributed by atoms with Crippen molar-refractivity contribution >= 4 is 5.91 Å². The Morgan fingerprint density at radius 3 is 3.06 bits per heavy atom. The van der Waals surface area contributed by atoms with Crippen molar-refractivity contribution in [2.45, 2.75) is 32.2 Å². The first-order chi connectivity index (χ1) is 8.74. The molecule has 0 radical (unpaired) electrons. The topological polar surface area (TPSA) is 73.6 Å². The summed E-state index contributed by atoms with van der Waals surface area (Å²) in [5.74, 6) is 0.578. The van der Waals surface area contributed by atoms with Crippen LogP contribution < -0.4 is 5.32 Å². The van der Waals surface area contributed by atoms with Crippen LogP contribution in [0.25, 0.3) is 0 Å². The Kier molecular flexibility index (Phi) is 2.66. The first-order valence-electron chi connectivity index (χ1n) is 6.20. The van der Waals surface area contributed by atoms with Gasteiger partial charge in [-0.25, -0.2) is 0 Å². The van der Waals surface area contributed by atoms with Gasteiger partial charge in [0.2, 0.25) is 0 Å². The molecule has 0 bridgehead atoms. The quantitative estimate of drug-likeness (QED) is 0.768. The molecule has 1 aliphatic carbocycles. The maximum absolute atomic E-state index is 11.9. The average Bonchev–Trinajstić information content (AvgIpc) is 2.95. The molecule has 0 atom stereocenters. The number of H-pyrrole nitrogens is 2. The van der Waals surface area contributed by atoms with Gasteiger partial charge in [0, 0.05) is 17.8 Å². The molecule has 3 rings (SSSR count). The summed E-state index contributed by atoms with van der Waals surface area (Å²) in [5, 5.41) is 10.1. The SMILES string of the molecule is Cc1[nH]ccc1C(=O)NCc1cc(C2CC2)n[nH]1. The van der Waals surface area contributed by atoms with Crippen LogP contribution in [0.2, 0.25) is 0 Å². The van der Waals surface area contributed by atoms with Crippen molar-refractivity contribution < 1.29 is 4.79 Å². The third-order valence-electron chi connectivity index (χ3n) is 3.28. The number of carbonyl (C=O) groups is 1. The summed E-state index contributed by atoms with van der Waals surface area (Å²) in [4.78, 5) is 14.9. The van der Waals surface area contributed by atoms with Gasteiger partial charge in [-0.05, 0) is 31.9 Å². The van der Waals surface area contributed by atoms with Crippen molar-refractivity contribution in [3.8, 4) is 0 Å².